The minimum atomic E-state index is -0.336. The molecule has 7 nitrogen and oxygen atoms in total. The summed E-state index contributed by atoms with van der Waals surface area (Å²) < 4.78 is 0. The van der Waals surface area contributed by atoms with Crippen molar-refractivity contribution in [1.29, 1.82) is 0 Å². The zero-order chi connectivity index (χ0) is 24.6. The van der Waals surface area contributed by atoms with Gasteiger partial charge in [0.2, 0.25) is 5.91 Å². The van der Waals surface area contributed by atoms with Gasteiger partial charge in [-0.25, -0.2) is 0 Å². The van der Waals surface area contributed by atoms with Gasteiger partial charge in [0.05, 0.1) is 28.4 Å². The van der Waals surface area contributed by atoms with E-state index in [2.05, 4.69) is 21.3 Å². The van der Waals surface area contributed by atoms with Gasteiger partial charge in [-0.1, -0.05) is 44.5 Å². The molecule has 0 atom stereocenters. The molecule has 0 aliphatic rings. The van der Waals surface area contributed by atoms with E-state index >= 15 is 0 Å². The summed E-state index contributed by atoms with van der Waals surface area (Å²) in [5.41, 5.74) is 1.48. The largest absolute Gasteiger partial charge is 0.376 e. The lowest BCUT2D eigenvalue weighted by atomic mass is 10.0. The van der Waals surface area contributed by atoms with Crippen molar-refractivity contribution in [1.82, 2.24) is 10.6 Å². The second-order valence-electron chi connectivity index (χ2n) is 8.94. The molecule has 0 saturated heterocycles. The summed E-state index contributed by atoms with van der Waals surface area (Å²) in [6.07, 6.45) is 0.785. The Bertz CT molecular complexity index is 1000. The van der Waals surface area contributed by atoms with E-state index in [1.165, 1.54) is 0 Å². The third-order valence-electron chi connectivity index (χ3n) is 5.12. The fourth-order valence-electron chi connectivity index (χ4n) is 2.83. The lowest BCUT2D eigenvalue weighted by molar-refractivity contribution is -0.114. The smallest absolute Gasteiger partial charge is 0.253 e. The highest BCUT2D eigenvalue weighted by atomic mass is 35.5. The van der Waals surface area contributed by atoms with Crippen LogP contribution in [-0.2, 0) is 4.79 Å². The maximum Gasteiger partial charge on any atom is 0.253 e. The molecule has 0 bridgehead atoms. The Labute approximate surface area is 200 Å². The summed E-state index contributed by atoms with van der Waals surface area (Å²) >= 11 is 6.30. The van der Waals surface area contributed by atoms with Crippen molar-refractivity contribution in [3.8, 4) is 0 Å². The first-order valence-corrected chi connectivity index (χ1v) is 11.4. The van der Waals surface area contributed by atoms with Gasteiger partial charge in [-0.3, -0.25) is 14.4 Å². The Hall–Kier alpha value is -3.06. The van der Waals surface area contributed by atoms with Gasteiger partial charge in [-0.15, -0.1) is 0 Å². The SMILES string of the molecule is CCC(C)(C)NC(=O)c1ccc(NCC(=O)Nc2ccccc2C(=O)NCC(C)C)cc1Cl. The molecule has 178 valence electrons. The quantitative estimate of drug-likeness (QED) is 0.403. The van der Waals surface area contributed by atoms with E-state index in [9.17, 15) is 14.4 Å². The van der Waals surface area contributed by atoms with Crippen molar-refractivity contribution in [2.24, 2.45) is 5.92 Å². The predicted molar refractivity (Wildman–Crippen MR) is 134 cm³/mol. The first kappa shape index (κ1) is 26.2. The van der Waals surface area contributed by atoms with E-state index in [1.807, 2.05) is 34.6 Å². The van der Waals surface area contributed by atoms with Crippen molar-refractivity contribution < 1.29 is 14.4 Å². The summed E-state index contributed by atoms with van der Waals surface area (Å²) in [7, 11) is 0. The van der Waals surface area contributed by atoms with Gasteiger partial charge < -0.3 is 21.3 Å². The average Bonchev–Trinajstić information content (AvgIpc) is 2.76. The third-order valence-corrected chi connectivity index (χ3v) is 5.43. The van der Waals surface area contributed by atoms with Crippen LogP contribution in [0.4, 0.5) is 11.4 Å². The Balaban J connectivity index is 1.99. The van der Waals surface area contributed by atoms with E-state index in [0.29, 0.717) is 35.0 Å². The van der Waals surface area contributed by atoms with E-state index in [0.717, 1.165) is 6.42 Å². The van der Waals surface area contributed by atoms with Gasteiger partial charge in [-0.2, -0.15) is 0 Å². The van der Waals surface area contributed by atoms with Crippen molar-refractivity contribution in [2.45, 2.75) is 46.6 Å². The molecule has 2 rings (SSSR count). The number of para-hydroxylation sites is 1. The summed E-state index contributed by atoms with van der Waals surface area (Å²) in [5, 5.41) is 11.9. The summed E-state index contributed by atoms with van der Waals surface area (Å²) in [6, 6.07) is 11.8. The molecule has 8 heteroatoms. The number of benzene rings is 2. The van der Waals surface area contributed by atoms with Crippen LogP contribution in [0.5, 0.6) is 0 Å². The number of carbonyl (C=O) groups excluding carboxylic acids is 3. The van der Waals surface area contributed by atoms with E-state index in [1.54, 1.807) is 42.5 Å². The van der Waals surface area contributed by atoms with E-state index < -0.39 is 0 Å². The third kappa shape index (κ3) is 8.09. The molecular weight excluding hydrogens is 440 g/mol. The maximum atomic E-state index is 12.5. The lowest BCUT2D eigenvalue weighted by Crippen LogP contribution is -2.42. The van der Waals surface area contributed by atoms with Gasteiger partial charge in [0.15, 0.2) is 0 Å². The molecular formula is C25H33ClN4O3. The van der Waals surface area contributed by atoms with E-state index in [4.69, 9.17) is 11.6 Å². The van der Waals surface area contributed by atoms with Crippen LogP contribution in [0.2, 0.25) is 5.02 Å². The van der Waals surface area contributed by atoms with Crippen molar-refractivity contribution >= 4 is 40.7 Å². The molecule has 0 heterocycles. The minimum absolute atomic E-state index is 0.0350. The number of halogens is 1. The summed E-state index contributed by atoms with van der Waals surface area (Å²) in [5.74, 6) is -0.480. The molecule has 2 aromatic carbocycles. The fraction of sp³-hybridized carbons (Fsp3) is 0.400. The van der Waals surface area contributed by atoms with Crippen LogP contribution in [0, 0.1) is 5.92 Å². The van der Waals surface area contributed by atoms with Crippen molar-refractivity contribution in [3.63, 3.8) is 0 Å². The number of carbonyl (C=O) groups is 3. The number of nitrogens with one attached hydrogen (secondary N) is 4. The number of anilines is 2. The molecule has 0 spiro atoms. The van der Waals surface area contributed by atoms with Gasteiger partial charge >= 0.3 is 0 Å². The lowest BCUT2D eigenvalue weighted by Gasteiger charge is -2.24. The first-order chi connectivity index (χ1) is 15.5. The van der Waals surface area contributed by atoms with Crippen LogP contribution in [0.25, 0.3) is 0 Å². The van der Waals surface area contributed by atoms with Gasteiger partial charge in [0, 0.05) is 17.8 Å². The van der Waals surface area contributed by atoms with E-state index in [-0.39, 0.29) is 34.8 Å². The number of hydrogen-bond donors (Lipinski definition) is 4. The zero-order valence-corrected chi connectivity index (χ0v) is 20.6. The normalized spacial score (nSPS) is 11.1. The Morgan fingerprint density at radius 1 is 1.00 bits per heavy atom. The van der Waals surface area contributed by atoms with Gasteiger partial charge in [0.25, 0.3) is 11.8 Å². The summed E-state index contributed by atoms with van der Waals surface area (Å²) in [4.78, 5) is 37.4. The second-order valence-corrected chi connectivity index (χ2v) is 9.34. The Morgan fingerprint density at radius 3 is 2.33 bits per heavy atom. The summed E-state index contributed by atoms with van der Waals surface area (Å²) in [6.45, 7) is 10.4. The molecule has 4 N–H and O–H groups in total. The predicted octanol–water partition coefficient (Wildman–Crippen LogP) is 4.69. The highest BCUT2D eigenvalue weighted by molar-refractivity contribution is 6.34. The molecule has 33 heavy (non-hydrogen) atoms. The number of amides is 3. The minimum Gasteiger partial charge on any atom is -0.376 e. The molecule has 0 aromatic heterocycles. The zero-order valence-electron chi connectivity index (χ0n) is 19.8. The fourth-order valence-corrected chi connectivity index (χ4v) is 3.10. The van der Waals surface area contributed by atoms with Crippen molar-refractivity contribution in [2.75, 3.05) is 23.7 Å². The van der Waals surface area contributed by atoms with Crippen LogP contribution >= 0.6 is 11.6 Å². The molecule has 2 aromatic rings. The topological polar surface area (TPSA) is 99.3 Å². The standard InChI is InChI=1S/C25H33ClN4O3/c1-6-25(4,5)30-24(33)18-12-11-17(13-20(18)26)27-15-22(31)29-21-10-8-7-9-19(21)23(32)28-14-16(2)3/h7-13,16,27H,6,14-15H2,1-5H3,(H,28,32)(H,29,31)(H,30,33). The van der Waals surface area contributed by atoms with Gasteiger partial charge in [-0.05, 0) is 56.5 Å². The number of hydrogen-bond acceptors (Lipinski definition) is 4. The Morgan fingerprint density at radius 2 is 1.70 bits per heavy atom. The maximum absolute atomic E-state index is 12.5. The molecule has 3 amide bonds. The molecule has 0 fully saturated rings. The monoisotopic (exact) mass is 472 g/mol. The first-order valence-electron chi connectivity index (χ1n) is 11.1. The Kier molecular flexibility index (Phi) is 9.29. The molecule has 0 aliphatic carbocycles. The van der Waals surface area contributed by atoms with Crippen LogP contribution in [-0.4, -0.2) is 36.3 Å². The van der Waals surface area contributed by atoms with Crippen LogP contribution in [0.3, 0.4) is 0 Å². The van der Waals surface area contributed by atoms with Crippen LogP contribution < -0.4 is 21.3 Å². The van der Waals surface area contributed by atoms with Crippen LogP contribution in [0.1, 0.15) is 61.8 Å². The second kappa shape index (κ2) is 11.7. The van der Waals surface area contributed by atoms with Crippen molar-refractivity contribution in [3.05, 3.63) is 58.6 Å². The molecule has 0 radical (unpaired) electrons. The van der Waals surface area contributed by atoms with Gasteiger partial charge in [0.1, 0.15) is 0 Å². The molecule has 0 aliphatic heterocycles. The van der Waals surface area contributed by atoms with Crippen LogP contribution in [0.15, 0.2) is 42.5 Å². The average molecular weight is 473 g/mol. The molecule has 0 saturated carbocycles. The number of rotatable bonds is 10. The highest BCUT2D eigenvalue weighted by Gasteiger charge is 2.20. The molecule has 0 unspecified atom stereocenters. The highest BCUT2D eigenvalue weighted by Crippen LogP contribution is 2.22.